The number of nitrogens with zero attached hydrogens (tertiary/aromatic N) is 6. The predicted octanol–water partition coefficient (Wildman–Crippen LogP) is 4.70. The lowest BCUT2D eigenvalue weighted by Crippen LogP contribution is -2.47. The standard InChI is InChI=1S/C20H14Cl2N6O2/c21-14-5-15(22)7-17(6-14)28-18(29)20(8-12-1-3-13(10-23)4-2-12)9-16(25-26-24)11-27(20)19(28)30/h1-7,16H,8-9,11H2. The molecule has 2 heterocycles. The molecule has 0 bridgehead atoms. The van der Waals surface area contributed by atoms with E-state index in [1.165, 1.54) is 23.1 Å². The molecule has 3 amide bonds. The summed E-state index contributed by atoms with van der Waals surface area (Å²) in [4.78, 5) is 32.2. The van der Waals surface area contributed by atoms with Crippen molar-refractivity contribution in [1.82, 2.24) is 4.90 Å². The number of anilines is 1. The van der Waals surface area contributed by atoms with Gasteiger partial charge in [-0.25, -0.2) is 9.69 Å². The molecule has 2 aliphatic heterocycles. The van der Waals surface area contributed by atoms with Crippen molar-refractivity contribution in [3.8, 4) is 6.07 Å². The van der Waals surface area contributed by atoms with Gasteiger partial charge in [0.15, 0.2) is 0 Å². The summed E-state index contributed by atoms with van der Waals surface area (Å²) in [7, 11) is 0. The van der Waals surface area contributed by atoms with Crippen LogP contribution in [0.15, 0.2) is 47.6 Å². The van der Waals surface area contributed by atoms with Crippen molar-refractivity contribution in [2.45, 2.75) is 24.4 Å². The Balaban J connectivity index is 1.77. The fraction of sp³-hybridized carbons (Fsp3) is 0.250. The third-order valence-corrected chi connectivity index (χ3v) is 5.84. The molecule has 0 N–H and O–H groups in total. The van der Waals surface area contributed by atoms with Crippen LogP contribution in [0.2, 0.25) is 10.0 Å². The number of hydrogen-bond donors (Lipinski definition) is 0. The number of benzene rings is 2. The molecular weight excluding hydrogens is 427 g/mol. The van der Waals surface area contributed by atoms with Crippen molar-refractivity contribution in [1.29, 1.82) is 5.26 Å². The molecule has 150 valence electrons. The molecule has 2 fully saturated rings. The van der Waals surface area contributed by atoms with E-state index < -0.39 is 23.5 Å². The SMILES string of the molecule is N#Cc1ccc(CC23CC(N=[N+]=[N-])CN2C(=O)N(c2cc(Cl)cc(Cl)c2)C3=O)cc1. The van der Waals surface area contributed by atoms with Crippen molar-refractivity contribution in [3.05, 3.63) is 74.1 Å². The van der Waals surface area contributed by atoms with Crippen LogP contribution in [0.3, 0.4) is 0 Å². The van der Waals surface area contributed by atoms with Gasteiger partial charge in [0.05, 0.1) is 23.4 Å². The maximum Gasteiger partial charge on any atom is 0.332 e. The Morgan fingerprint density at radius 3 is 2.47 bits per heavy atom. The zero-order chi connectivity index (χ0) is 21.5. The van der Waals surface area contributed by atoms with Crippen LogP contribution in [0.5, 0.6) is 0 Å². The number of amides is 3. The Kier molecular flexibility index (Phi) is 5.04. The van der Waals surface area contributed by atoms with E-state index >= 15 is 0 Å². The summed E-state index contributed by atoms with van der Waals surface area (Å²) in [6.07, 6.45) is 0.429. The molecule has 30 heavy (non-hydrogen) atoms. The Morgan fingerprint density at radius 2 is 1.87 bits per heavy atom. The quantitative estimate of drug-likeness (QED) is 0.297. The number of hydrogen-bond acceptors (Lipinski definition) is 4. The smallest absolute Gasteiger partial charge is 0.308 e. The zero-order valence-electron chi connectivity index (χ0n) is 15.5. The fourth-order valence-corrected chi connectivity index (χ4v) is 4.67. The second-order valence-corrected chi connectivity index (χ2v) is 8.11. The van der Waals surface area contributed by atoms with E-state index in [1.807, 2.05) is 0 Å². The Labute approximate surface area is 181 Å². The minimum atomic E-state index is -1.20. The van der Waals surface area contributed by atoms with E-state index in [-0.39, 0.29) is 25.1 Å². The first kappa shape index (κ1) is 20.0. The normalized spacial score (nSPS) is 22.6. The lowest BCUT2D eigenvalue weighted by molar-refractivity contribution is -0.124. The van der Waals surface area contributed by atoms with E-state index in [0.717, 1.165) is 10.5 Å². The van der Waals surface area contributed by atoms with E-state index in [2.05, 4.69) is 16.1 Å². The summed E-state index contributed by atoms with van der Waals surface area (Å²) in [6, 6.07) is 12.4. The maximum absolute atomic E-state index is 13.6. The molecule has 2 saturated heterocycles. The first-order chi connectivity index (χ1) is 14.4. The lowest BCUT2D eigenvalue weighted by Gasteiger charge is -2.28. The number of azide groups is 1. The van der Waals surface area contributed by atoms with Crippen molar-refractivity contribution in [3.63, 3.8) is 0 Å². The number of rotatable bonds is 4. The van der Waals surface area contributed by atoms with Gasteiger partial charge in [0.2, 0.25) is 0 Å². The number of halogens is 2. The Bertz CT molecular complexity index is 1120. The van der Waals surface area contributed by atoms with Crippen molar-refractivity contribution >= 4 is 40.8 Å². The highest BCUT2D eigenvalue weighted by Crippen LogP contribution is 2.43. The van der Waals surface area contributed by atoms with Gasteiger partial charge in [-0.2, -0.15) is 5.26 Å². The third-order valence-electron chi connectivity index (χ3n) is 5.41. The molecule has 2 aromatic carbocycles. The van der Waals surface area contributed by atoms with E-state index in [0.29, 0.717) is 15.6 Å². The molecule has 2 aliphatic rings. The molecular formula is C20H14Cl2N6O2. The highest BCUT2D eigenvalue weighted by atomic mass is 35.5. The predicted molar refractivity (Wildman–Crippen MR) is 111 cm³/mol. The summed E-state index contributed by atoms with van der Waals surface area (Å²) in [6.45, 7) is 0.135. The van der Waals surface area contributed by atoms with E-state index in [4.69, 9.17) is 34.0 Å². The summed E-state index contributed by atoms with van der Waals surface area (Å²) < 4.78 is 0. The lowest BCUT2D eigenvalue weighted by atomic mass is 9.87. The second-order valence-electron chi connectivity index (χ2n) is 7.24. The fourth-order valence-electron chi connectivity index (χ4n) is 4.15. The number of fused-ring (bicyclic) bond motifs is 1. The molecule has 4 rings (SSSR count). The summed E-state index contributed by atoms with van der Waals surface area (Å²) in [5.41, 5.74) is 9.22. The third kappa shape index (κ3) is 3.23. The first-order valence-corrected chi connectivity index (χ1v) is 9.79. The van der Waals surface area contributed by atoms with Crippen LogP contribution in [0.4, 0.5) is 10.5 Å². The van der Waals surface area contributed by atoms with Crippen LogP contribution in [0, 0.1) is 11.3 Å². The van der Waals surface area contributed by atoms with Gasteiger partial charge >= 0.3 is 6.03 Å². The molecule has 2 aromatic rings. The molecule has 2 unspecified atom stereocenters. The van der Waals surface area contributed by atoms with Crippen LogP contribution in [0.1, 0.15) is 17.5 Å². The number of imide groups is 1. The average molecular weight is 441 g/mol. The van der Waals surface area contributed by atoms with E-state index in [1.54, 1.807) is 24.3 Å². The number of nitriles is 1. The molecule has 2 atom stereocenters. The first-order valence-electron chi connectivity index (χ1n) is 9.03. The largest absolute Gasteiger partial charge is 0.332 e. The van der Waals surface area contributed by atoms with Gasteiger partial charge in [-0.15, -0.1) is 0 Å². The number of carbonyl (C=O) groups excluding carboxylic acids is 2. The van der Waals surface area contributed by atoms with Crippen molar-refractivity contribution in [2.75, 3.05) is 11.4 Å². The monoisotopic (exact) mass is 440 g/mol. The van der Waals surface area contributed by atoms with Crippen LogP contribution in [-0.4, -0.2) is 35.0 Å². The Hall–Kier alpha value is -3.24. The van der Waals surface area contributed by atoms with Crippen LogP contribution < -0.4 is 4.90 Å². The van der Waals surface area contributed by atoms with Crippen LogP contribution in [0.25, 0.3) is 10.4 Å². The molecule has 0 radical (unpaired) electrons. The van der Waals surface area contributed by atoms with Crippen LogP contribution >= 0.6 is 23.2 Å². The van der Waals surface area contributed by atoms with Gasteiger partial charge in [0.25, 0.3) is 5.91 Å². The highest BCUT2D eigenvalue weighted by molar-refractivity contribution is 6.35. The van der Waals surface area contributed by atoms with Crippen molar-refractivity contribution in [2.24, 2.45) is 5.11 Å². The molecule has 0 aliphatic carbocycles. The van der Waals surface area contributed by atoms with Gasteiger partial charge < -0.3 is 4.90 Å². The van der Waals surface area contributed by atoms with Gasteiger partial charge in [-0.3, -0.25) is 4.79 Å². The molecule has 0 saturated carbocycles. The number of urea groups is 1. The summed E-state index contributed by atoms with van der Waals surface area (Å²) in [5, 5.41) is 13.4. The minimum Gasteiger partial charge on any atom is -0.308 e. The molecule has 10 heteroatoms. The number of carbonyl (C=O) groups is 2. The van der Waals surface area contributed by atoms with Gasteiger partial charge in [-0.1, -0.05) is 40.4 Å². The molecule has 0 aromatic heterocycles. The summed E-state index contributed by atoms with van der Waals surface area (Å²) >= 11 is 12.1. The van der Waals surface area contributed by atoms with Crippen LogP contribution in [-0.2, 0) is 11.2 Å². The zero-order valence-corrected chi connectivity index (χ0v) is 17.0. The van der Waals surface area contributed by atoms with Gasteiger partial charge in [0.1, 0.15) is 5.54 Å². The second kappa shape index (κ2) is 7.54. The molecule has 0 spiro atoms. The minimum absolute atomic E-state index is 0.135. The molecule has 8 nitrogen and oxygen atoms in total. The van der Waals surface area contributed by atoms with Gasteiger partial charge in [0, 0.05) is 27.9 Å². The Morgan fingerprint density at radius 1 is 1.20 bits per heavy atom. The van der Waals surface area contributed by atoms with Crippen molar-refractivity contribution < 1.29 is 9.59 Å². The summed E-state index contributed by atoms with van der Waals surface area (Å²) in [5.74, 6) is -0.425. The maximum atomic E-state index is 13.6. The van der Waals surface area contributed by atoms with E-state index in [9.17, 15) is 9.59 Å². The topological polar surface area (TPSA) is 113 Å². The highest BCUT2D eigenvalue weighted by Gasteiger charge is 2.62. The average Bonchev–Trinajstić information content (AvgIpc) is 3.15. The van der Waals surface area contributed by atoms with Gasteiger partial charge in [-0.05, 0) is 47.8 Å².